The summed E-state index contributed by atoms with van der Waals surface area (Å²) in [6.07, 6.45) is -3.50. The average molecular weight is 616 g/mol. The highest BCUT2D eigenvalue weighted by Crippen LogP contribution is 2.29. The number of rotatable bonds is 9. The number of urea groups is 1. The number of hydrogen-bond donors (Lipinski definition) is 2. The Balaban J connectivity index is 1.43. The molecule has 0 spiro atoms. The molecule has 0 saturated carbocycles. The Morgan fingerprint density at radius 3 is 2.20 bits per heavy atom. The maximum atomic E-state index is 14.8. The summed E-state index contributed by atoms with van der Waals surface area (Å²) in [5.41, 5.74) is 1.45. The molecular formula is C30H29F4N5O5. The molecule has 2 aromatic heterocycles. The predicted molar refractivity (Wildman–Crippen MR) is 153 cm³/mol. The first-order valence-corrected chi connectivity index (χ1v) is 13.2. The molecule has 0 unspecified atom stereocenters. The Labute approximate surface area is 250 Å². The van der Waals surface area contributed by atoms with Gasteiger partial charge in [-0.2, -0.15) is 18.3 Å². The summed E-state index contributed by atoms with van der Waals surface area (Å²) in [6.45, 7) is 6.75. The van der Waals surface area contributed by atoms with Gasteiger partial charge in [-0.15, -0.1) is 0 Å². The van der Waals surface area contributed by atoms with Gasteiger partial charge in [0.15, 0.2) is 0 Å². The molecule has 2 heterocycles. The highest BCUT2D eigenvalue weighted by molar-refractivity contribution is 5.99. The van der Waals surface area contributed by atoms with Gasteiger partial charge in [-0.25, -0.2) is 18.7 Å². The Bertz CT molecular complexity index is 1630. The molecule has 0 fully saturated rings. The van der Waals surface area contributed by atoms with Gasteiger partial charge in [0.2, 0.25) is 0 Å². The maximum Gasteiger partial charge on any atom is 0.490 e. The number of carbonyl (C=O) groups excluding carboxylic acids is 2. The van der Waals surface area contributed by atoms with Crippen molar-refractivity contribution in [1.82, 2.24) is 14.8 Å². The third-order valence-corrected chi connectivity index (χ3v) is 5.91. The Kier molecular flexibility index (Phi) is 9.40. The van der Waals surface area contributed by atoms with Crippen molar-refractivity contribution in [2.24, 2.45) is 0 Å². The number of nitrogens with zero attached hydrogens (tertiary/aromatic N) is 3. The summed E-state index contributed by atoms with van der Waals surface area (Å²) >= 11 is 0. The lowest BCUT2D eigenvalue weighted by Gasteiger charge is -2.14. The largest absolute Gasteiger partial charge is 0.490 e. The Morgan fingerprint density at radius 1 is 0.886 bits per heavy atom. The summed E-state index contributed by atoms with van der Waals surface area (Å²) in [7, 11) is 0. The second-order valence-corrected chi connectivity index (χ2v) is 10.5. The van der Waals surface area contributed by atoms with E-state index in [9.17, 15) is 27.2 Å². The van der Waals surface area contributed by atoms with Crippen LogP contribution in [0.4, 0.5) is 33.9 Å². The standard InChI is InChI=1S/C30H29F4N5O5/c1-18-15-22(11-12-35-18)44-21-9-10-24(23(31)16-21)36-28(41)37-26-17-25(29(2,3)4)38-39(26)19-5-7-20(8-6-19)42-13-14-43-27(40)30(32,33)34/h5-12,15-17H,13-14H2,1-4H3,(H2,36,37,41). The highest BCUT2D eigenvalue weighted by Gasteiger charge is 2.40. The maximum absolute atomic E-state index is 14.8. The number of carbonyl (C=O) groups is 2. The molecule has 14 heteroatoms. The molecule has 4 aromatic rings. The minimum atomic E-state index is -5.08. The monoisotopic (exact) mass is 615 g/mol. The number of anilines is 2. The number of aryl methyl sites for hydroxylation is 1. The zero-order valence-corrected chi connectivity index (χ0v) is 24.2. The van der Waals surface area contributed by atoms with Crippen molar-refractivity contribution in [2.45, 2.75) is 39.3 Å². The molecule has 2 aromatic carbocycles. The molecule has 10 nitrogen and oxygen atoms in total. The van der Waals surface area contributed by atoms with Crippen LogP contribution in [-0.2, 0) is 14.9 Å². The van der Waals surface area contributed by atoms with Crippen molar-refractivity contribution < 1.29 is 41.4 Å². The first kappa shape index (κ1) is 31.8. The molecule has 2 N–H and O–H groups in total. The number of alkyl halides is 3. The SMILES string of the molecule is Cc1cc(Oc2ccc(NC(=O)Nc3cc(C(C)(C)C)nn3-c3ccc(OCCOC(=O)C(F)(F)F)cc3)c(F)c2)ccn1. The van der Waals surface area contributed by atoms with Crippen LogP contribution in [0.1, 0.15) is 32.2 Å². The van der Waals surface area contributed by atoms with Crippen molar-refractivity contribution in [3.8, 4) is 22.9 Å². The molecule has 0 aliphatic rings. The van der Waals surface area contributed by atoms with Gasteiger partial charge in [-0.05, 0) is 49.4 Å². The lowest BCUT2D eigenvalue weighted by atomic mass is 9.92. The molecule has 232 valence electrons. The number of hydrogen-bond acceptors (Lipinski definition) is 7. The summed E-state index contributed by atoms with van der Waals surface area (Å²) in [5.74, 6) is -1.69. The van der Waals surface area contributed by atoms with E-state index in [0.717, 1.165) is 11.8 Å². The van der Waals surface area contributed by atoms with Crippen LogP contribution in [0, 0.1) is 12.7 Å². The van der Waals surface area contributed by atoms with Crippen LogP contribution in [0.15, 0.2) is 66.9 Å². The molecule has 0 bridgehead atoms. The van der Waals surface area contributed by atoms with Gasteiger partial charge in [0.25, 0.3) is 0 Å². The summed E-state index contributed by atoms with van der Waals surface area (Å²) in [6, 6.07) is 14.6. The van der Waals surface area contributed by atoms with Crippen molar-refractivity contribution in [1.29, 1.82) is 0 Å². The van der Waals surface area contributed by atoms with Crippen LogP contribution in [0.5, 0.6) is 17.2 Å². The van der Waals surface area contributed by atoms with Gasteiger partial charge >= 0.3 is 18.2 Å². The van der Waals surface area contributed by atoms with Crippen LogP contribution in [0.3, 0.4) is 0 Å². The van der Waals surface area contributed by atoms with Crippen LogP contribution in [-0.4, -0.2) is 46.2 Å². The van der Waals surface area contributed by atoms with Crippen LogP contribution >= 0.6 is 0 Å². The molecule has 2 amide bonds. The topological polar surface area (TPSA) is 117 Å². The van der Waals surface area contributed by atoms with Gasteiger partial charge in [0.1, 0.15) is 42.1 Å². The quantitative estimate of drug-likeness (QED) is 0.119. The van der Waals surface area contributed by atoms with Crippen molar-refractivity contribution in [2.75, 3.05) is 23.8 Å². The Morgan fingerprint density at radius 2 is 1.57 bits per heavy atom. The predicted octanol–water partition coefficient (Wildman–Crippen LogP) is 6.93. The third kappa shape index (κ3) is 8.46. The molecule has 0 aliphatic carbocycles. The fraction of sp³-hybridized carbons (Fsp3) is 0.267. The zero-order chi connectivity index (χ0) is 32.1. The average Bonchev–Trinajstić information content (AvgIpc) is 3.36. The zero-order valence-electron chi connectivity index (χ0n) is 24.2. The van der Waals surface area contributed by atoms with E-state index in [1.54, 1.807) is 43.5 Å². The molecule has 44 heavy (non-hydrogen) atoms. The first-order valence-electron chi connectivity index (χ1n) is 13.2. The van der Waals surface area contributed by atoms with Crippen molar-refractivity contribution in [3.63, 3.8) is 0 Å². The van der Waals surface area contributed by atoms with E-state index in [1.165, 1.54) is 28.9 Å². The van der Waals surface area contributed by atoms with Gasteiger partial charge in [0, 0.05) is 35.5 Å². The van der Waals surface area contributed by atoms with E-state index in [0.29, 0.717) is 22.9 Å². The molecular weight excluding hydrogens is 586 g/mol. The third-order valence-electron chi connectivity index (χ3n) is 5.91. The van der Waals surface area contributed by atoms with E-state index < -0.39 is 30.6 Å². The van der Waals surface area contributed by atoms with Crippen LogP contribution < -0.4 is 20.1 Å². The number of nitrogens with one attached hydrogen (secondary N) is 2. The van der Waals surface area contributed by atoms with Gasteiger partial charge in [-0.1, -0.05) is 20.8 Å². The van der Waals surface area contributed by atoms with E-state index >= 15 is 0 Å². The number of halogens is 4. The van der Waals surface area contributed by atoms with E-state index in [4.69, 9.17) is 9.47 Å². The smallest absolute Gasteiger partial charge is 0.490 e. The number of aromatic nitrogens is 3. The summed E-state index contributed by atoms with van der Waals surface area (Å²) < 4.78 is 68.1. The number of amides is 2. The fourth-order valence-electron chi connectivity index (χ4n) is 3.74. The number of esters is 1. The van der Waals surface area contributed by atoms with E-state index in [-0.39, 0.29) is 29.3 Å². The van der Waals surface area contributed by atoms with E-state index in [2.05, 4.69) is 25.5 Å². The van der Waals surface area contributed by atoms with Gasteiger partial charge < -0.3 is 19.5 Å². The minimum absolute atomic E-state index is 0.0784. The lowest BCUT2D eigenvalue weighted by Crippen LogP contribution is -2.27. The first-order chi connectivity index (χ1) is 20.7. The van der Waals surface area contributed by atoms with Crippen molar-refractivity contribution >= 4 is 23.5 Å². The summed E-state index contributed by atoms with van der Waals surface area (Å²) in [5, 5.41) is 9.78. The number of pyridine rings is 1. The lowest BCUT2D eigenvalue weighted by molar-refractivity contribution is -0.200. The molecule has 0 atom stereocenters. The molecule has 0 radical (unpaired) electrons. The summed E-state index contributed by atoms with van der Waals surface area (Å²) in [4.78, 5) is 27.8. The Hall–Kier alpha value is -5.14. The second-order valence-electron chi connectivity index (χ2n) is 10.5. The van der Waals surface area contributed by atoms with Crippen LogP contribution in [0.2, 0.25) is 0 Å². The highest BCUT2D eigenvalue weighted by atomic mass is 19.4. The molecule has 0 aliphatic heterocycles. The van der Waals surface area contributed by atoms with Gasteiger partial charge in [0.05, 0.1) is 17.1 Å². The number of ether oxygens (including phenoxy) is 3. The van der Waals surface area contributed by atoms with Gasteiger partial charge in [-0.3, -0.25) is 10.3 Å². The minimum Gasteiger partial charge on any atom is -0.490 e. The normalized spacial score (nSPS) is 11.5. The fourth-order valence-corrected chi connectivity index (χ4v) is 3.74. The van der Waals surface area contributed by atoms with Crippen molar-refractivity contribution in [3.05, 3.63) is 84.1 Å². The van der Waals surface area contributed by atoms with E-state index in [1.807, 2.05) is 20.8 Å². The number of benzene rings is 2. The second kappa shape index (κ2) is 13.0. The molecule has 0 saturated heterocycles. The molecule has 4 rings (SSSR count). The van der Waals surface area contributed by atoms with Crippen LogP contribution in [0.25, 0.3) is 5.69 Å².